The first-order chi connectivity index (χ1) is 29.7. The molecule has 0 radical (unpaired) electrons. The van der Waals surface area contributed by atoms with Gasteiger partial charge >= 0.3 is 19.5 Å². The molecule has 2 N–H and O–H groups in total. The van der Waals surface area contributed by atoms with E-state index in [4.69, 9.17) is 30.5 Å². The van der Waals surface area contributed by atoms with Crippen molar-refractivity contribution < 1.29 is 30.0 Å². The number of aryl methyl sites for hydroxylation is 12. The molecule has 0 unspecified atom stereocenters. The molecule has 7 heteroatoms. The molecule has 0 fully saturated rings. The smallest absolute Gasteiger partial charge is 0.657 e. The van der Waals surface area contributed by atoms with Gasteiger partial charge in [-0.15, -0.1) is 22.1 Å². The van der Waals surface area contributed by atoms with Gasteiger partial charge in [0, 0.05) is 0 Å². The second kappa shape index (κ2) is 17.7. The Labute approximate surface area is 384 Å². The van der Waals surface area contributed by atoms with Crippen LogP contribution in [0.3, 0.4) is 0 Å². The molecule has 318 valence electrons. The fraction of sp³-hybridized carbons (Fsp3) is 0.214. The summed E-state index contributed by atoms with van der Waals surface area (Å²) in [5.74, 6) is 0. The van der Waals surface area contributed by atoms with Gasteiger partial charge in [0.25, 0.3) is 0 Å². The number of nitrogens with zero attached hydrogens (tertiary/aromatic N) is 4. The SMILES string of the molecule is Cc1cc(C)c(-c2c3nc(c(-c4c(C)cc(C)cc4C)c4ccc([n-]4)c(-c4c(C)cc(C)cc4C)c4nc(c(-c5c(C)cc(C)cc5C)c5ccc2[n-]5)C=C4)C=C3)c(C)c1.OO.[Ru+2]. The Hall–Kier alpha value is -5.98. The standard InChI is InChI=1S/C56H52N4.H2O2.Ru/c1-29-21-33(5)49(34(6)22-29)53-41-13-15-43(57-41)54(50-35(7)23-30(2)24-36(50)8)45-17-19-47(59-45)56(52-39(11)27-32(4)28-40(52)12)48-20-18-46(60-48)55(44-16-14-42(53)58-44)51-37(9)25-31(3)26-38(51)10;1-2;/h13-28H,1-12H3;1-2H;/q-2;;+2. The molecule has 4 aromatic carbocycles. The average Bonchev–Trinajstić information content (AvgIpc) is 4.03. The van der Waals surface area contributed by atoms with Gasteiger partial charge in [-0.2, -0.15) is 0 Å². The van der Waals surface area contributed by atoms with Crippen molar-refractivity contribution in [3.63, 3.8) is 0 Å². The van der Waals surface area contributed by atoms with E-state index in [1.54, 1.807) is 0 Å². The van der Waals surface area contributed by atoms with Crippen LogP contribution in [0.5, 0.6) is 0 Å². The third-order valence-electron chi connectivity index (χ3n) is 12.3. The summed E-state index contributed by atoms with van der Waals surface area (Å²) in [6.45, 7) is 26.3. The molecule has 5 heterocycles. The maximum absolute atomic E-state index is 6.00. The molecule has 0 spiro atoms. The third kappa shape index (κ3) is 8.11. The molecular weight excluding hydrogens is 862 g/mol. The van der Waals surface area contributed by atoms with Gasteiger partial charge in [0.2, 0.25) is 0 Å². The van der Waals surface area contributed by atoms with Crippen LogP contribution in [0.25, 0.3) is 90.9 Å². The quantitative estimate of drug-likeness (QED) is 0.104. The average molecular weight is 916 g/mol. The molecule has 2 aliphatic rings. The fourth-order valence-electron chi connectivity index (χ4n) is 10.4. The minimum atomic E-state index is 0. The van der Waals surface area contributed by atoms with Gasteiger partial charge in [-0.05, 0) is 196 Å². The van der Waals surface area contributed by atoms with Gasteiger partial charge in [0.05, 0.1) is 22.8 Å². The summed E-state index contributed by atoms with van der Waals surface area (Å²) in [4.78, 5) is 22.4. The van der Waals surface area contributed by atoms with E-state index in [0.29, 0.717) is 0 Å². The monoisotopic (exact) mass is 916 g/mol. The molecule has 0 amide bonds. The number of fused-ring (bicyclic) bond motifs is 8. The molecule has 3 aromatic heterocycles. The first-order valence-corrected chi connectivity index (χ1v) is 21.3. The predicted octanol–water partition coefficient (Wildman–Crippen LogP) is 14.3. The Balaban J connectivity index is 0.00000196. The molecule has 0 atom stereocenters. The summed E-state index contributed by atoms with van der Waals surface area (Å²) in [6.07, 6.45) is 8.72. The Kier molecular flexibility index (Phi) is 12.6. The van der Waals surface area contributed by atoms with E-state index in [0.717, 1.165) is 89.4 Å². The van der Waals surface area contributed by atoms with Crippen LogP contribution in [0, 0.1) is 83.1 Å². The van der Waals surface area contributed by atoms with E-state index >= 15 is 0 Å². The summed E-state index contributed by atoms with van der Waals surface area (Å²) in [6, 6.07) is 26.9. The zero-order valence-corrected chi connectivity index (χ0v) is 40.0. The number of aromatic nitrogens is 4. The maximum atomic E-state index is 6.00. The number of rotatable bonds is 4. The van der Waals surface area contributed by atoms with Crippen LogP contribution in [0.2, 0.25) is 0 Å². The van der Waals surface area contributed by atoms with E-state index in [2.05, 4.69) is 180 Å². The Morgan fingerprint density at radius 3 is 0.651 bits per heavy atom. The van der Waals surface area contributed by atoms with Gasteiger partial charge in [-0.1, -0.05) is 95.1 Å². The van der Waals surface area contributed by atoms with Crippen LogP contribution in [-0.4, -0.2) is 20.5 Å². The van der Waals surface area contributed by atoms with Crippen molar-refractivity contribution in [1.82, 2.24) is 19.9 Å². The van der Waals surface area contributed by atoms with Crippen LogP contribution in [0.1, 0.15) is 89.5 Å². The van der Waals surface area contributed by atoms with Crippen molar-refractivity contribution in [3.05, 3.63) is 162 Å². The molecule has 7 aromatic rings. The maximum Gasteiger partial charge on any atom is 2.00 e. The Morgan fingerprint density at radius 2 is 0.476 bits per heavy atom. The van der Waals surface area contributed by atoms with Crippen LogP contribution < -0.4 is 9.97 Å². The molecule has 63 heavy (non-hydrogen) atoms. The molecule has 9 rings (SSSR count). The minimum Gasteiger partial charge on any atom is -0.657 e. The second-order valence-electron chi connectivity index (χ2n) is 17.5. The summed E-state index contributed by atoms with van der Waals surface area (Å²) in [5.41, 5.74) is 30.4. The molecule has 2 aliphatic heterocycles. The van der Waals surface area contributed by atoms with E-state index < -0.39 is 0 Å². The first-order valence-electron chi connectivity index (χ1n) is 21.3. The number of benzene rings is 4. The van der Waals surface area contributed by atoms with Crippen LogP contribution in [-0.2, 0) is 19.5 Å². The van der Waals surface area contributed by atoms with Crippen molar-refractivity contribution in [3.8, 4) is 44.5 Å². The zero-order chi connectivity index (χ0) is 44.3. The van der Waals surface area contributed by atoms with Crippen molar-refractivity contribution in [2.75, 3.05) is 0 Å². The molecule has 0 aliphatic carbocycles. The largest absolute Gasteiger partial charge is 2.00 e. The summed E-state index contributed by atoms with van der Waals surface area (Å²) < 4.78 is 0. The van der Waals surface area contributed by atoms with E-state index in [9.17, 15) is 0 Å². The van der Waals surface area contributed by atoms with Crippen molar-refractivity contribution >= 4 is 46.4 Å². The third-order valence-corrected chi connectivity index (χ3v) is 12.3. The first kappa shape index (κ1) is 45.1. The van der Waals surface area contributed by atoms with Crippen LogP contribution in [0.15, 0.2) is 72.8 Å². The minimum absolute atomic E-state index is 0. The molecule has 8 bridgehead atoms. The number of hydrogen-bond donors (Lipinski definition) is 2. The molecule has 6 nitrogen and oxygen atoms in total. The van der Waals surface area contributed by atoms with Crippen molar-refractivity contribution in [1.29, 1.82) is 0 Å². The van der Waals surface area contributed by atoms with E-state index in [1.165, 1.54) is 66.8 Å². The molecule has 0 saturated heterocycles. The number of hydrogen-bond acceptors (Lipinski definition) is 4. The van der Waals surface area contributed by atoms with Gasteiger partial charge in [-0.3, -0.25) is 10.5 Å². The second-order valence-corrected chi connectivity index (χ2v) is 17.5. The van der Waals surface area contributed by atoms with Crippen LogP contribution >= 0.6 is 0 Å². The van der Waals surface area contributed by atoms with Crippen molar-refractivity contribution in [2.45, 2.75) is 83.1 Å². The van der Waals surface area contributed by atoms with Crippen LogP contribution in [0.4, 0.5) is 0 Å². The summed E-state index contributed by atoms with van der Waals surface area (Å²) in [5, 5.41) is 12.0. The van der Waals surface area contributed by atoms with Gasteiger partial charge in [-0.25, -0.2) is 9.97 Å². The van der Waals surface area contributed by atoms with Gasteiger partial charge in [0.15, 0.2) is 0 Å². The van der Waals surface area contributed by atoms with Gasteiger partial charge < -0.3 is 9.97 Å². The normalized spacial score (nSPS) is 11.7. The van der Waals surface area contributed by atoms with Gasteiger partial charge in [0.1, 0.15) is 0 Å². The Morgan fingerprint density at radius 1 is 0.302 bits per heavy atom. The van der Waals surface area contributed by atoms with Crippen molar-refractivity contribution in [2.24, 2.45) is 0 Å². The fourth-order valence-corrected chi connectivity index (χ4v) is 10.4. The summed E-state index contributed by atoms with van der Waals surface area (Å²) >= 11 is 0. The molecular formula is C56H54N4O2Ru. The predicted molar refractivity (Wildman–Crippen MR) is 261 cm³/mol. The van der Waals surface area contributed by atoms with E-state index in [-0.39, 0.29) is 19.5 Å². The van der Waals surface area contributed by atoms with E-state index in [1.807, 2.05) is 0 Å². The summed E-state index contributed by atoms with van der Waals surface area (Å²) in [7, 11) is 0. The zero-order valence-electron chi connectivity index (χ0n) is 38.3. The Bertz CT molecular complexity index is 2720. The topological polar surface area (TPSA) is 94.4 Å². The molecule has 0 saturated carbocycles.